The number of nitrogens with zero attached hydrogens (tertiary/aromatic N) is 2. The minimum atomic E-state index is -1.04. The van der Waals surface area contributed by atoms with E-state index in [0.717, 1.165) is 5.39 Å². The number of aromatic carboxylic acids is 1. The summed E-state index contributed by atoms with van der Waals surface area (Å²) in [5, 5.41) is 13.3. The van der Waals surface area contributed by atoms with Gasteiger partial charge in [0.1, 0.15) is 11.4 Å². The van der Waals surface area contributed by atoms with Crippen LogP contribution in [0.2, 0.25) is 0 Å². The summed E-state index contributed by atoms with van der Waals surface area (Å²) in [6, 6.07) is 5.41. The van der Waals surface area contributed by atoms with Crippen LogP contribution in [0.3, 0.4) is 0 Å². The number of carbonyl (C=O) groups excluding carboxylic acids is 1. The summed E-state index contributed by atoms with van der Waals surface area (Å²) in [6.45, 7) is 5.61. The van der Waals surface area contributed by atoms with Gasteiger partial charge in [0.05, 0.1) is 11.1 Å². The summed E-state index contributed by atoms with van der Waals surface area (Å²) in [5.74, 6) is -0.910. The van der Waals surface area contributed by atoms with Crippen molar-refractivity contribution in [2.75, 3.05) is 0 Å². The number of carboxylic acids is 1. The van der Waals surface area contributed by atoms with E-state index in [9.17, 15) is 14.7 Å². The second-order valence-electron chi connectivity index (χ2n) is 6.37. The van der Waals surface area contributed by atoms with Gasteiger partial charge in [-0.1, -0.05) is 19.9 Å². The molecular formula is C17H19N3O3. The van der Waals surface area contributed by atoms with Crippen molar-refractivity contribution >= 4 is 28.6 Å². The molecule has 1 aromatic heterocycles. The monoisotopic (exact) mass is 313 g/mol. The van der Waals surface area contributed by atoms with E-state index in [0.29, 0.717) is 16.9 Å². The van der Waals surface area contributed by atoms with Gasteiger partial charge in [-0.15, -0.1) is 0 Å². The number of aryl methyl sites for hydroxylation is 1. The smallest absolute Gasteiger partial charge is 0.338 e. The minimum absolute atomic E-state index is 0.00652. The number of amidine groups is 1. The van der Waals surface area contributed by atoms with Gasteiger partial charge in [0.15, 0.2) is 0 Å². The highest BCUT2D eigenvalue weighted by atomic mass is 16.4. The van der Waals surface area contributed by atoms with Crippen molar-refractivity contribution in [2.45, 2.75) is 26.3 Å². The summed E-state index contributed by atoms with van der Waals surface area (Å²) >= 11 is 0. The van der Waals surface area contributed by atoms with Crippen LogP contribution in [0.15, 0.2) is 29.4 Å². The Kier molecular flexibility index (Phi) is 3.28. The second-order valence-corrected chi connectivity index (χ2v) is 6.37. The van der Waals surface area contributed by atoms with Crippen molar-refractivity contribution in [2.24, 2.45) is 18.0 Å². The van der Waals surface area contributed by atoms with Gasteiger partial charge in [-0.3, -0.25) is 9.79 Å². The number of nitrogens with one attached hydrogen (secondary N) is 1. The van der Waals surface area contributed by atoms with Crippen LogP contribution in [0.5, 0.6) is 0 Å². The lowest BCUT2D eigenvalue weighted by atomic mass is 9.89. The SMILES string of the molecule is CC(C)C1(C)N=C(c2ccc3ccn(C)c3c2C(=O)O)NC1=O. The van der Waals surface area contributed by atoms with Crippen LogP contribution in [0.1, 0.15) is 36.7 Å². The molecule has 120 valence electrons. The predicted molar refractivity (Wildman–Crippen MR) is 87.8 cm³/mol. The first-order chi connectivity index (χ1) is 10.8. The Morgan fingerprint density at radius 2 is 2.04 bits per heavy atom. The van der Waals surface area contributed by atoms with Gasteiger partial charge in [0, 0.05) is 24.2 Å². The molecule has 1 atom stereocenters. The average molecular weight is 313 g/mol. The first-order valence-corrected chi connectivity index (χ1v) is 7.48. The van der Waals surface area contributed by atoms with Crippen LogP contribution >= 0.6 is 0 Å². The maximum Gasteiger partial charge on any atom is 0.338 e. The van der Waals surface area contributed by atoms with Crippen LogP contribution in [0.4, 0.5) is 0 Å². The van der Waals surface area contributed by atoms with E-state index >= 15 is 0 Å². The first kappa shape index (κ1) is 15.3. The third kappa shape index (κ3) is 2.13. The number of amides is 1. The average Bonchev–Trinajstić information content (AvgIpc) is 3.00. The van der Waals surface area contributed by atoms with Crippen molar-refractivity contribution in [3.63, 3.8) is 0 Å². The van der Waals surface area contributed by atoms with Crippen molar-refractivity contribution < 1.29 is 14.7 Å². The number of aromatic nitrogens is 1. The molecule has 0 radical (unpaired) electrons. The van der Waals surface area contributed by atoms with Gasteiger partial charge < -0.3 is 15.0 Å². The largest absolute Gasteiger partial charge is 0.478 e. The number of hydrogen-bond acceptors (Lipinski definition) is 3. The Balaban J connectivity index is 2.26. The highest BCUT2D eigenvalue weighted by Gasteiger charge is 2.42. The molecule has 1 aliphatic heterocycles. The molecule has 1 aromatic carbocycles. The Morgan fingerprint density at radius 1 is 1.35 bits per heavy atom. The third-order valence-corrected chi connectivity index (χ3v) is 4.67. The van der Waals surface area contributed by atoms with Gasteiger partial charge in [-0.2, -0.15) is 0 Å². The fraction of sp³-hybridized carbons (Fsp3) is 0.353. The second kappa shape index (κ2) is 4.94. The van der Waals surface area contributed by atoms with Crippen LogP contribution in [-0.4, -0.2) is 32.9 Å². The zero-order valence-corrected chi connectivity index (χ0v) is 13.5. The van der Waals surface area contributed by atoms with Crippen molar-refractivity contribution in [1.29, 1.82) is 0 Å². The number of carbonyl (C=O) groups is 2. The van der Waals surface area contributed by atoms with Crippen molar-refractivity contribution in [3.8, 4) is 0 Å². The normalized spacial score (nSPS) is 20.9. The highest BCUT2D eigenvalue weighted by molar-refractivity contribution is 6.21. The molecule has 1 amide bonds. The lowest BCUT2D eigenvalue weighted by molar-refractivity contribution is -0.124. The number of aliphatic imine (C=N–C) groups is 1. The van der Waals surface area contributed by atoms with E-state index < -0.39 is 11.5 Å². The van der Waals surface area contributed by atoms with E-state index in [1.54, 1.807) is 24.6 Å². The molecular weight excluding hydrogens is 294 g/mol. The van der Waals surface area contributed by atoms with Gasteiger partial charge >= 0.3 is 5.97 Å². The molecule has 1 aliphatic rings. The standard InChI is InChI=1S/C17H19N3O3/c1-9(2)17(3)16(23)18-14(19-17)11-6-5-10-7-8-20(4)13(10)12(11)15(21)22/h5-9H,1-4H3,(H,21,22)(H,18,19,23). The van der Waals surface area contributed by atoms with Gasteiger partial charge in [-0.25, -0.2) is 4.79 Å². The predicted octanol–water partition coefficient (Wildman–Crippen LogP) is 2.17. The molecule has 0 saturated heterocycles. The molecule has 0 aliphatic carbocycles. The maximum absolute atomic E-state index is 12.3. The van der Waals surface area contributed by atoms with E-state index in [1.165, 1.54) is 0 Å². The number of benzene rings is 1. The van der Waals surface area contributed by atoms with E-state index in [4.69, 9.17) is 0 Å². The number of fused-ring (bicyclic) bond motifs is 1. The van der Waals surface area contributed by atoms with Gasteiger partial charge in [0.25, 0.3) is 5.91 Å². The topological polar surface area (TPSA) is 83.7 Å². The molecule has 0 fully saturated rings. The van der Waals surface area contributed by atoms with Crippen LogP contribution < -0.4 is 5.32 Å². The highest BCUT2D eigenvalue weighted by Crippen LogP contribution is 2.30. The van der Waals surface area contributed by atoms with E-state index in [2.05, 4.69) is 10.3 Å². The fourth-order valence-corrected chi connectivity index (χ4v) is 2.87. The zero-order valence-electron chi connectivity index (χ0n) is 13.5. The quantitative estimate of drug-likeness (QED) is 0.911. The number of rotatable bonds is 3. The van der Waals surface area contributed by atoms with Crippen LogP contribution in [0.25, 0.3) is 10.9 Å². The minimum Gasteiger partial charge on any atom is -0.478 e. The summed E-state index contributed by atoms with van der Waals surface area (Å²) < 4.78 is 1.77. The lowest BCUT2D eigenvalue weighted by Gasteiger charge is -2.21. The van der Waals surface area contributed by atoms with E-state index in [-0.39, 0.29) is 17.4 Å². The zero-order chi connectivity index (χ0) is 16.9. The summed E-state index contributed by atoms with van der Waals surface area (Å²) in [4.78, 5) is 28.7. The summed E-state index contributed by atoms with van der Waals surface area (Å²) in [7, 11) is 1.80. The number of hydrogen-bond donors (Lipinski definition) is 2. The first-order valence-electron chi connectivity index (χ1n) is 7.48. The Morgan fingerprint density at radius 3 is 2.61 bits per heavy atom. The van der Waals surface area contributed by atoms with Crippen molar-refractivity contribution in [3.05, 3.63) is 35.5 Å². The molecule has 0 bridgehead atoms. The molecule has 0 saturated carbocycles. The molecule has 2 heterocycles. The molecule has 23 heavy (non-hydrogen) atoms. The Bertz CT molecular complexity index is 863. The van der Waals surface area contributed by atoms with E-state index in [1.807, 2.05) is 32.2 Å². The molecule has 0 spiro atoms. The molecule has 6 heteroatoms. The van der Waals surface area contributed by atoms with Crippen molar-refractivity contribution in [1.82, 2.24) is 9.88 Å². The molecule has 3 rings (SSSR count). The van der Waals surface area contributed by atoms with Gasteiger partial charge in [-0.05, 0) is 25.0 Å². The fourth-order valence-electron chi connectivity index (χ4n) is 2.87. The van der Waals surface area contributed by atoms with Gasteiger partial charge in [0.2, 0.25) is 0 Å². The molecule has 2 N–H and O–H groups in total. The molecule has 1 unspecified atom stereocenters. The third-order valence-electron chi connectivity index (χ3n) is 4.67. The lowest BCUT2D eigenvalue weighted by Crippen LogP contribution is -2.41. The molecule has 6 nitrogen and oxygen atoms in total. The molecule has 2 aromatic rings. The summed E-state index contributed by atoms with van der Waals surface area (Å²) in [5.41, 5.74) is 0.325. The summed E-state index contributed by atoms with van der Waals surface area (Å²) in [6.07, 6.45) is 1.81. The Hall–Kier alpha value is -2.63. The Labute approximate surface area is 133 Å². The van der Waals surface area contributed by atoms with Crippen LogP contribution in [0, 0.1) is 5.92 Å². The van der Waals surface area contributed by atoms with Crippen LogP contribution in [-0.2, 0) is 11.8 Å². The number of carboxylic acid groups (broad SMARTS) is 1. The maximum atomic E-state index is 12.3.